The second-order valence-electron chi connectivity index (χ2n) is 7.36. The summed E-state index contributed by atoms with van der Waals surface area (Å²) in [5.41, 5.74) is 0. The average Bonchev–Trinajstić information content (AvgIpc) is 2.72. The third kappa shape index (κ3) is 10.4. The summed E-state index contributed by atoms with van der Waals surface area (Å²) in [5.74, 6) is 0.868. The largest absolute Gasteiger partial charge is 0.379 e. The Balaban J connectivity index is 0.00000176. The minimum absolute atomic E-state index is 0.123. The zero-order chi connectivity index (χ0) is 19.9. The standard InChI is InChI=1S/C19H37N3O3.C2H6/c1-3-20-10-12-21(13-11-20)7-4-14-24-15-16-25-17-19(23)22-8-5-18(2)6-9-22;1-2/h18H,3-17H2,1-2H3;1-2H3. The number of likely N-dealkylation sites (N-methyl/N-ethyl adjacent to an activating group) is 1. The number of carbonyl (C=O) groups excluding carboxylic acids is 1. The lowest BCUT2D eigenvalue weighted by atomic mass is 9.99. The van der Waals surface area contributed by atoms with Crippen molar-refractivity contribution in [3.63, 3.8) is 0 Å². The SMILES string of the molecule is CC.CCN1CCN(CCCOCCOCC(=O)N2CCC(C)CC2)CC1. The lowest BCUT2D eigenvalue weighted by Crippen LogP contribution is -2.46. The number of ether oxygens (including phenoxy) is 2. The number of nitrogens with zero attached hydrogens (tertiary/aromatic N) is 3. The van der Waals surface area contributed by atoms with E-state index in [1.807, 2.05) is 18.7 Å². The Morgan fingerprint density at radius 1 is 0.889 bits per heavy atom. The fraction of sp³-hybridized carbons (Fsp3) is 0.952. The van der Waals surface area contributed by atoms with Gasteiger partial charge in [0.1, 0.15) is 6.61 Å². The maximum Gasteiger partial charge on any atom is 0.248 e. The first kappa shape index (κ1) is 24.3. The number of rotatable bonds is 10. The Bertz CT molecular complexity index is 366. The number of hydrogen-bond acceptors (Lipinski definition) is 5. The van der Waals surface area contributed by atoms with E-state index in [-0.39, 0.29) is 12.5 Å². The van der Waals surface area contributed by atoms with E-state index in [2.05, 4.69) is 23.6 Å². The zero-order valence-electron chi connectivity index (χ0n) is 18.3. The van der Waals surface area contributed by atoms with Gasteiger partial charge in [-0.05, 0) is 31.7 Å². The predicted molar refractivity (Wildman–Crippen MR) is 111 cm³/mol. The minimum Gasteiger partial charge on any atom is -0.379 e. The van der Waals surface area contributed by atoms with Crippen molar-refractivity contribution in [3.8, 4) is 0 Å². The summed E-state index contributed by atoms with van der Waals surface area (Å²) in [6, 6.07) is 0. The van der Waals surface area contributed by atoms with Gasteiger partial charge in [0.25, 0.3) is 0 Å². The van der Waals surface area contributed by atoms with Crippen molar-refractivity contribution in [2.45, 2.75) is 47.0 Å². The number of piperidine rings is 1. The van der Waals surface area contributed by atoms with E-state index in [9.17, 15) is 4.79 Å². The topological polar surface area (TPSA) is 45.3 Å². The summed E-state index contributed by atoms with van der Waals surface area (Å²) >= 11 is 0. The van der Waals surface area contributed by atoms with Crippen LogP contribution in [0.3, 0.4) is 0 Å². The Labute approximate surface area is 167 Å². The van der Waals surface area contributed by atoms with Gasteiger partial charge < -0.3 is 24.2 Å². The second kappa shape index (κ2) is 15.3. The van der Waals surface area contributed by atoms with Crippen molar-refractivity contribution in [3.05, 3.63) is 0 Å². The van der Waals surface area contributed by atoms with E-state index in [1.165, 1.54) is 26.2 Å². The molecule has 0 bridgehead atoms. The number of hydrogen-bond donors (Lipinski definition) is 0. The molecule has 0 saturated carbocycles. The Kier molecular flexibility index (Phi) is 13.8. The van der Waals surface area contributed by atoms with Gasteiger partial charge in [0.15, 0.2) is 0 Å². The molecule has 0 aliphatic carbocycles. The maximum atomic E-state index is 12.0. The molecule has 2 rings (SSSR count). The van der Waals surface area contributed by atoms with Gasteiger partial charge in [-0.2, -0.15) is 0 Å². The normalized spacial score (nSPS) is 19.6. The van der Waals surface area contributed by atoms with Crippen molar-refractivity contribution in [1.82, 2.24) is 14.7 Å². The number of likely N-dealkylation sites (tertiary alicyclic amines) is 1. The van der Waals surface area contributed by atoms with Crippen molar-refractivity contribution in [1.29, 1.82) is 0 Å². The molecule has 6 nitrogen and oxygen atoms in total. The van der Waals surface area contributed by atoms with Gasteiger partial charge in [-0.25, -0.2) is 0 Å². The van der Waals surface area contributed by atoms with Crippen LogP contribution in [0, 0.1) is 5.92 Å². The van der Waals surface area contributed by atoms with E-state index >= 15 is 0 Å². The first-order valence-corrected chi connectivity index (χ1v) is 11.1. The van der Waals surface area contributed by atoms with Crippen molar-refractivity contribution >= 4 is 5.91 Å². The van der Waals surface area contributed by atoms with Crippen LogP contribution in [-0.4, -0.2) is 99.4 Å². The fourth-order valence-corrected chi connectivity index (χ4v) is 3.45. The highest BCUT2D eigenvalue weighted by Crippen LogP contribution is 2.15. The summed E-state index contributed by atoms with van der Waals surface area (Å²) in [5, 5.41) is 0. The molecule has 2 aliphatic rings. The third-order valence-electron chi connectivity index (χ3n) is 5.41. The van der Waals surface area contributed by atoms with Crippen LogP contribution in [0.15, 0.2) is 0 Å². The highest BCUT2D eigenvalue weighted by atomic mass is 16.5. The molecule has 0 unspecified atom stereocenters. The molecule has 1 amide bonds. The van der Waals surface area contributed by atoms with Crippen LogP contribution in [0.1, 0.15) is 47.0 Å². The van der Waals surface area contributed by atoms with Gasteiger partial charge in [0.2, 0.25) is 5.91 Å². The monoisotopic (exact) mass is 385 g/mol. The summed E-state index contributed by atoms with van der Waals surface area (Å²) in [4.78, 5) is 19.0. The molecule has 2 saturated heterocycles. The van der Waals surface area contributed by atoms with Crippen LogP contribution in [0.5, 0.6) is 0 Å². The Morgan fingerprint density at radius 2 is 1.48 bits per heavy atom. The highest BCUT2D eigenvalue weighted by Gasteiger charge is 2.20. The molecule has 0 N–H and O–H groups in total. The van der Waals surface area contributed by atoms with Crippen LogP contribution >= 0.6 is 0 Å². The fourth-order valence-electron chi connectivity index (χ4n) is 3.45. The van der Waals surface area contributed by atoms with E-state index in [4.69, 9.17) is 9.47 Å². The Hall–Kier alpha value is -0.690. The molecule has 2 aliphatic heterocycles. The number of amides is 1. The van der Waals surface area contributed by atoms with Crippen LogP contribution in [0.2, 0.25) is 0 Å². The van der Waals surface area contributed by atoms with E-state index < -0.39 is 0 Å². The third-order valence-corrected chi connectivity index (χ3v) is 5.41. The molecule has 0 atom stereocenters. The van der Waals surface area contributed by atoms with Gasteiger partial charge in [0.05, 0.1) is 13.2 Å². The van der Waals surface area contributed by atoms with E-state index in [0.717, 1.165) is 58.0 Å². The number of carbonyl (C=O) groups is 1. The van der Waals surface area contributed by atoms with Crippen molar-refractivity contribution in [2.75, 3.05) is 78.8 Å². The average molecular weight is 386 g/mol. The quantitative estimate of drug-likeness (QED) is 0.540. The first-order chi connectivity index (χ1) is 13.2. The van der Waals surface area contributed by atoms with Gasteiger partial charge >= 0.3 is 0 Å². The molecule has 2 heterocycles. The van der Waals surface area contributed by atoms with Gasteiger partial charge in [0, 0.05) is 52.4 Å². The molecular formula is C21H43N3O3. The zero-order valence-corrected chi connectivity index (χ0v) is 18.3. The van der Waals surface area contributed by atoms with E-state index in [0.29, 0.717) is 13.2 Å². The van der Waals surface area contributed by atoms with Crippen LogP contribution < -0.4 is 0 Å². The Morgan fingerprint density at radius 3 is 2.11 bits per heavy atom. The predicted octanol–water partition coefficient (Wildman–Crippen LogP) is 2.33. The first-order valence-electron chi connectivity index (χ1n) is 11.1. The van der Waals surface area contributed by atoms with Gasteiger partial charge in [-0.1, -0.05) is 27.7 Å². The number of piperazine rings is 1. The lowest BCUT2D eigenvalue weighted by Gasteiger charge is -2.33. The van der Waals surface area contributed by atoms with Crippen LogP contribution in [0.4, 0.5) is 0 Å². The molecule has 6 heteroatoms. The molecule has 0 aromatic rings. The minimum atomic E-state index is 0.123. The van der Waals surface area contributed by atoms with Crippen molar-refractivity contribution < 1.29 is 14.3 Å². The lowest BCUT2D eigenvalue weighted by molar-refractivity contribution is -0.138. The molecule has 2 fully saturated rings. The summed E-state index contributed by atoms with van der Waals surface area (Å²) in [6.45, 7) is 19.3. The summed E-state index contributed by atoms with van der Waals surface area (Å²) in [6.07, 6.45) is 3.29. The molecule has 0 spiro atoms. The molecule has 160 valence electrons. The van der Waals surface area contributed by atoms with E-state index in [1.54, 1.807) is 0 Å². The van der Waals surface area contributed by atoms with Crippen LogP contribution in [0.25, 0.3) is 0 Å². The highest BCUT2D eigenvalue weighted by molar-refractivity contribution is 5.77. The smallest absolute Gasteiger partial charge is 0.248 e. The maximum absolute atomic E-state index is 12.0. The molecule has 0 aromatic heterocycles. The van der Waals surface area contributed by atoms with Gasteiger partial charge in [-0.3, -0.25) is 4.79 Å². The van der Waals surface area contributed by atoms with Gasteiger partial charge in [-0.15, -0.1) is 0 Å². The van der Waals surface area contributed by atoms with Crippen molar-refractivity contribution in [2.24, 2.45) is 5.92 Å². The summed E-state index contributed by atoms with van der Waals surface area (Å²) in [7, 11) is 0. The molecule has 27 heavy (non-hydrogen) atoms. The second-order valence-corrected chi connectivity index (χ2v) is 7.36. The summed E-state index contributed by atoms with van der Waals surface area (Å²) < 4.78 is 11.1. The van der Waals surface area contributed by atoms with Crippen LogP contribution in [-0.2, 0) is 14.3 Å². The molecular weight excluding hydrogens is 342 g/mol. The molecule has 0 radical (unpaired) electrons. The molecule has 0 aromatic carbocycles.